The minimum Gasteiger partial charge on any atom is -0.302 e. The number of halogens is 3. The summed E-state index contributed by atoms with van der Waals surface area (Å²) in [4.78, 5) is 4.11. The molecule has 0 aromatic heterocycles. The van der Waals surface area contributed by atoms with Crippen LogP contribution in [0.25, 0.3) is 0 Å². The second-order valence-corrected chi connectivity index (χ2v) is 6.70. The van der Waals surface area contributed by atoms with E-state index in [2.05, 4.69) is 4.90 Å². The molecule has 1 aliphatic carbocycles. The molecule has 2 unspecified atom stereocenters. The highest BCUT2D eigenvalue weighted by atomic mass is 19.4. The predicted octanol–water partition coefficient (Wildman–Crippen LogP) is 2.60. The van der Waals surface area contributed by atoms with Gasteiger partial charge in [-0.25, -0.2) is 0 Å². The van der Waals surface area contributed by atoms with E-state index in [0.717, 1.165) is 19.0 Å². The van der Waals surface area contributed by atoms with Crippen molar-refractivity contribution in [3.63, 3.8) is 0 Å². The van der Waals surface area contributed by atoms with Gasteiger partial charge in [-0.1, -0.05) is 12.8 Å². The Hall–Kier alpha value is -0.290. The Labute approximate surface area is 112 Å². The molecule has 0 aromatic rings. The van der Waals surface area contributed by atoms with Gasteiger partial charge in [0.2, 0.25) is 0 Å². The van der Waals surface area contributed by atoms with Gasteiger partial charge in [0, 0.05) is 32.7 Å². The number of likely N-dealkylation sites (tertiary alicyclic amines) is 2. The summed E-state index contributed by atoms with van der Waals surface area (Å²) >= 11 is 0. The van der Waals surface area contributed by atoms with Crippen molar-refractivity contribution >= 4 is 0 Å². The maximum Gasteiger partial charge on any atom is 0.401 e. The Balaban J connectivity index is 1.45. The molecule has 0 spiro atoms. The summed E-state index contributed by atoms with van der Waals surface area (Å²) in [6.07, 6.45) is 1.40. The summed E-state index contributed by atoms with van der Waals surface area (Å²) in [7, 11) is 0. The summed E-state index contributed by atoms with van der Waals surface area (Å²) in [5.74, 6) is 1.80. The van der Waals surface area contributed by atoms with Gasteiger partial charge < -0.3 is 4.90 Å². The lowest BCUT2D eigenvalue weighted by Gasteiger charge is -2.24. The number of fused-ring (bicyclic) bond motifs is 1. The van der Waals surface area contributed by atoms with Crippen LogP contribution in [-0.4, -0.2) is 55.2 Å². The van der Waals surface area contributed by atoms with Crippen molar-refractivity contribution in [3.05, 3.63) is 0 Å². The smallest absolute Gasteiger partial charge is 0.302 e. The molecule has 5 heteroatoms. The monoisotopic (exact) mass is 276 g/mol. The molecule has 3 aliphatic rings. The Morgan fingerprint density at radius 1 is 0.842 bits per heavy atom. The fourth-order valence-electron chi connectivity index (χ4n) is 4.28. The fraction of sp³-hybridized carbons (Fsp3) is 1.00. The van der Waals surface area contributed by atoms with E-state index in [9.17, 15) is 13.2 Å². The molecule has 110 valence electrons. The van der Waals surface area contributed by atoms with Crippen molar-refractivity contribution in [2.24, 2.45) is 17.8 Å². The van der Waals surface area contributed by atoms with Crippen LogP contribution in [0.2, 0.25) is 0 Å². The summed E-state index contributed by atoms with van der Waals surface area (Å²) in [5, 5.41) is 0. The van der Waals surface area contributed by atoms with E-state index in [-0.39, 0.29) is 0 Å². The molecule has 1 saturated carbocycles. The quantitative estimate of drug-likeness (QED) is 0.782. The lowest BCUT2D eigenvalue weighted by molar-refractivity contribution is -0.144. The fourth-order valence-corrected chi connectivity index (χ4v) is 4.28. The van der Waals surface area contributed by atoms with Crippen molar-refractivity contribution in [1.29, 1.82) is 0 Å². The van der Waals surface area contributed by atoms with Crippen LogP contribution in [-0.2, 0) is 0 Å². The SMILES string of the molecule is FC(F)(F)CN1CC2CN(CC3CCCC3)CC2C1. The van der Waals surface area contributed by atoms with Gasteiger partial charge in [0.15, 0.2) is 0 Å². The molecule has 0 N–H and O–H groups in total. The number of hydrogen-bond acceptors (Lipinski definition) is 2. The first-order valence-electron chi connectivity index (χ1n) is 7.51. The third-order valence-electron chi connectivity index (χ3n) is 5.03. The van der Waals surface area contributed by atoms with E-state index in [1.807, 2.05) is 0 Å². The molecule has 2 heterocycles. The Bertz CT molecular complexity index is 298. The lowest BCUT2D eigenvalue weighted by atomic mass is 10.0. The molecule has 3 rings (SSSR count). The zero-order valence-electron chi connectivity index (χ0n) is 11.3. The van der Waals surface area contributed by atoms with Crippen molar-refractivity contribution < 1.29 is 13.2 Å². The molecular formula is C14H23F3N2. The first-order chi connectivity index (χ1) is 8.99. The van der Waals surface area contributed by atoms with E-state index < -0.39 is 12.7 Å². The highest BCUT2D eigenvalue weighted by Crippen LogP contribution is 2.34. The van der Waals surface area contributed by atoms with E-state index in [1.165, 1.54) is 32.2 Å². The molecule has 2 atom stereocenters. The largest absolute Gasteiger partial charge is 0.401 e. The summed E-state index contributed by atoms with van der Waals surface area (Å²) < 4.78 is 37.1. The van der Waals surface area contributed by atoms with Gasteiger partial charge in [0.05, 0.1) is 6.54 Å². The van der Waals surface area contributed by atoms with E-state index in [4.69, 9.17) is 0 Å². The lowest BCUT2D eigenvalue weighted by Crippen LogP contribution is -2.36. The molecule has 0 radical (unpaired) electrons. The van der Waals surface area contributed by atoms with Crippen molar-refractivity contribution in [3.8, 4) is 0 Å². The molecule has 19 heavy (non-hydrogen) atoms. The molecule has 2 aliphatic heterocycles. The van der Waals surface area contributed by atoms with E-state index >= 15 is 0 Å². The average Bonchev–Trinajstić information content (AvgIpc) is 2.92. The maximum atomic E-state index is 12.4. The molecule has 0 aromatic carbocycles. The van der Waals surface area contributed by atoms with Gasteiger partial charge in [0.25, 0.3) is 0 Å². The number of rotatable bonds is 3. The zero-order chi connectivity index (χ0) is 13.5. The molecule has 0 amide bonds. The minimum absolute atomic E-state index is 0.476. The molecule has 0 bridgehead atoms. The van der Waals surface area contributed by atoms with Gasteiger partial charge in [0.1, 0.15) is 0 Å². The Morgan fingerprint density at radius 2 is 1.37 bits per heavy atom. The van der Waals surface area contributed by atoms with Crippen LogP contribution in [0.5, 0.6) is 0 Å². The molecular weight excluding hydrogens is 253 g/mol. The van der Waals surface area contributed by atoms with Crippen LogP contribution < -0.4 is 0 Å². The van der Waals surface area contributed by atoms with E-state index in [0.29, 0.717) is 24.9 Å². The van der Waals surface area contributed by atoms with Gasteiger partial charge >= 0.3 is 6.18 Å². The van der Waals surface area contributed by atoms with Crippen LogP contribution in [0.3, 0.4) is 0 Å². The normalized spacial score (nSPS) is 34.3. The second kappa shape index (κ2) is 5.24. The van der Waals surface area contributed by atoms with Gasteiger partial charge in [-0.05, 0) is 30.6 Å². The van der Waals surface area contributed by atoms with Crippen LogP contribution in [0.4, 0.5) is 13.2 Å². The van der Waals surface area contributed by atoms with Crippen molar-refractivity contribution in [2.75, 3.05) is 39.3 Å². The van der Waals surface area contributed by atoms with Crippen molar-refractivity contribution in [2.45, 2.75) is 31.9 Å². The van der Waals surface area contributed by atoms with Gasteiger partial charge in [-0.3, -0.25) is 4.90 Å². The Morgan fingerprint density at radius 3 is 1.89 bits per heavy atom. The number of nitrogens with zero attached hydrogens (tertiary/aromatic N) is 2. The Kier molecular flexibility index (Phi) is 3.78. The third-order valence-corrected chi connectivity index (χ3v) is 5.03. The van der Waals surface area contributed by atoms with Crippen molar-refractivity contribution in [1.82, 2.24) is 9.80 Å². The number of hydrogen-bond donors (Lipinski definition) is 0. The minimum atomic E-state index is -4.04. The van der Waals surface area contributed by atoms with Gasteiger partial charge in [-0.2, -0.15) is 13.2 Å². The predicted molar refractivity (Wildman–Crippen MR) is 67.9 cm³/mol. The number of alkyl halides is 3. The summed E-state index contributed by atoms with van der Waals surface area (Å²) in [5.41, 5.74) is 0. The standard InChI is InChI=1S/C14H23F3N2/c15-14(16,17)10-19-8-12-6-18(7-13(12)9-19)5-11-3-1-2-4-11/h11-13H,1-10H2. The first-order valence-corrected chi connectivity index (χ1v) is 7.51. The zero-order valence-corrected chi connectivity index (χ0v) is 11.3. The van der Waals surface area contributed by atoms with Gasteiger partial charge in [-0.15, -0.1) is 0 Å². The maximum absolute atomic E-state index is 12.4. The van der Waals surface area contributed by atoms with E-state index in [1.54, 1.807) is 4.90 Å². The average molecular weight is 276 g/mol. The first kappa shape index (κ1) is 13.7. The summed E-state index contributed by atoms with van der Waals surface area (Å²) in [6, 6.07) is 0. The van der Waals surface area contributed by atoms with Crippen LogP contribution in [0.15, 0.2) is 0 Å². The highest BCUT2D eigenvalue weighted by Gasteiger charge is 2.43. The molecule has 2 nitrogen and oxygen atoms in total. The summed E-state index contributed by atoms with van der Waals surface area (Å²) in [6.45, 7) is 3.80. The molecule has 3 fully saturated rings. The third kappa shape index (κ3) is 3.43. The molecule has 2 saturated heterocycles. The van der Waals surface area contributed by atoms with Crippen LogP contribution >= 0.6 is 0 Å². The highest BCUT2D eigenvalue weighted by molar-refractivity contribution is 4.94. The topological polar surface area (TPSA) is 6.48 Å². The van der Waals surface area contributed by atoms with Crippen LogP contribution in [0, 0.1) is 17.8 Å². The van der Waals surface area contributed by atoms with Crippen LogP contribution in [0.1, 0.15) is 25.7 Å². The second-order valence-electron chi connectivity index (χ2n) is 6.70.